The van der Waals surface area contributed by atoms with Crippen molar-refractivity contribution in [3.63, 3.8) is 0 Å². The number of benzene rings is 1. The highest BCUT2D eigenvalue weighted by Gasteiger charge is 2.25. The predicted octanol–water partition coefficient (Wildman–Crippen LogP) is 2.95. The second kappa shape index (κ2) is 4.21. The summed E-state index contributed by atoms with van der Waals surface area (Å²) in [6.07, 6.45) is 6.74. The van der Waals surface area contributed by atoms with Gasteiger partial charge in [0.15, 0.2) is 0 Å². The van der Waals surface area contributed by atoms with Crippen LogP contribution in [0.1, 0.15) is 36.0 Å². The average Bonchev–Trinajstić information content (AvgIpc) is 2.39. The molecule has 0 N–H and O–H groups in total. The monoisotopic (exact) mass is 215 g/mol. The third kappa shape index (κ3) is 1.89. The minimum Gasteiger partial charge on any atom is -0.300 e. The highest BCUT2D eigenvalue weighted by atomic mass is 15.2. The maximum absolute atomic E-state index is 2.68. The standard InChI is InChI=1S/C15H21N/c1-12-3-4-13-5-7-15(16-9-2-10-16)8-6-14(13)11-12/h3-4,11,15H,2,5-10H2,1H3. The van der Waals surface area contributed by atoms with E-state index in [-0.39, 0.29) is 0 Å². The molecule has 2 aliphatic rings. The third-order valence-electron chi connectivity index (χ3n) is 4.26. The zero-order valence-corrected chi connectivity index (χ0v) is 10.2. The number of rotatable bonds is 1. The minimum atomic E-state index is 0.862. The molecule has 1 aromatic carbocycles. The first-order valence-corrected chi connectivity index (χ1v) is 6.65. The highest BCUT2D eigenvalue weighted by molar-refractivity contribution is 5.32. The van der Waals surface area contributed by atoms with Gasteiger partial charge >= 0.3 is 0 Å². The van der Waals surface area contributed by atoms with Crippen molar-refractivity contribution in [2.75, 3.05) is 13.1 Å². The van der Waals surface area contributed by atoms with Crippen LogP contribution in [0.15, 0.2) is 18.2 Å². The zero-order chi connectivity index (χ0) is 11.0. The van der Waals surface area contributed by atoms with E-state index in [0.717, 1.165) is 6.04 Å². The van der Waals surface area contributed by atoms with Crippen LogP contribution in [-0.4, -0.2) is 24.0 Å². The summed E-state index contributed by atoms with van der Waals surface area (Å²) in [5.41, 5.74) is 4.64. The highest BCUT2D eigenvalue weighted by Crippen LogP contribution is 2.26. The number of nitrogens with zero attached hydrogens (tertiary/aromatic N) is 1. The number of aryl methyl sites for hydroxylation is 3. The van der Waals surface area contributed by atoms with E-state index in [1.165, 1.54) is 50.8 Å². The molecule has 1 aromatic rings. The lowest BCUT2D eigenvalue weighted by Crippen LogP contribution is -2.45. The van der Waals surface area contributed by atoms with E-state index >= 15 is 0 Å². The van der Waals surface area contributed by atoms with Gasteiger partial charge in [-0.1, -0.05) is 23.8 Å². The van der Waals surface area contributed by atoms with E-state index in [2.05, 4.69) is 30.0 Å². The second-order valence-corrected chi connectivity index (χ2v) is 5.39. The molecule has 0 saturated carbocycles. The maximum Gasteiger partial charge on any atom is 0.0102 e. The van der Waals surface area contributed by atoms with E-state index in [4.69, 9.17) is 0 Å². The van der Waals surface area contributed by atoms with E-state index in [1.54, 1.807) is 11.1 Å². The van der Waals surface area contributed by atoms with Crippen LogP contribution >= 0.6 is 0 Å². The van der Waals surface area contributed by atoms with Gasteiger partial charge in [0.1, 0.15) is 0 Å². The van der Waals surface area contributed by atoms with Crippen molar-refractivity contribution in [2.24, 2.45) is 0 Å². The van der Waals surface area contributed by atoms with E-state index < -0.39 is 0 Å². The molecule has 1 aliphatic heterocycles. The fourth-order valence-corrected chi connectivity index (χ4v) is 3.09. The van der Waals surface area contributed by atoms with Crippen LogP contribution in [0.4, 0.5) is 0 Å². The van der Waals surface area contributed by atoms with Crippen molar-refractivity contribution in [3.8, 4) is 0 Å². The van der Waals surface area contributed by atoms with Crippen molar-refractivity contribution < 1.29 is 0 Å². The number of likely N-dealkylation sites (tertiary alicyclic amines) is 1. The smallest absolute Gasteiger partial charge is 0.0102 e. The Bertz CT molecular complexity index is 379. The summed E-state index contributed by atoms with van der Waals surface area (Å²) < 4.78 is 0. The Hall–Kier alpha value is -0.820. The summed E-state index contributed by atoms with van der Waals surface area (Å²) >= 11 is 0. The van der Waals surface area contributed by atoms with Crippen LogP contribution in [0.3, 0.4) is 0 Å². The number of fused-ring (bicyclic) bond motifs is 1. The molecule has 1 heteroatoms. The summed E-state index contributed by atoms with van der Waals surface area (Å²) in [7, 11) is 0. The zero-order valence-electron chi connectivity index (χ0n) is 10.2. The van der Waals surface area contributed by atoms with Gasteiger partial charge in [0.2, 0.25) is 0 Å². The number of hydrogen-bond acceptors (Lipinski definition) is 1. The van der Waals surface area contributed by atoms with Crippen LogP contribution in [0.2, 0.25) is 0 Å². The molecule has 0 aromatic heterocycles. The van der Waals surface area contributed by atoms with Crippen molar-refractivity contribution in [1.82, 2.24) is 4.90 Å². The van der Waals surface area contributed by atoms with Gasteiger partial charge in [0.05, 0.1) is 0 Å². The van der Waals surface area contributed by atoms with E-state index in [9.17, 15) is 0 Å². The van der Waals surface area contributed by atoms with Crippen LogP contribution in [-0.2, 0) is 12.8 Å². The minimum absolute atomic E-state index is 0.862. The Morgan fingerprint density at radius 1 is 1.06 bits per heavy atom. The van der Waals surface area contributed by atoms with E-state index in [1.807, 2.05) is 0 Å². The third-order valence-corrected chi connectivity index (χ3v) is 4.26. The van der Waals surface area contributed by atoms with Gasteiger partial charge in [-0.15, -0.1) is 0 Å². The molecule has 0 spiro atoms. The number of hydrogen-bond donors (Lipinski definition) is 0. The van der Waals surface area contributed by atoms with Gasteiger partial charge in [0.25, 0.3) is 0 Å². The molecule has 1 unspecified atom stereocenters. The first kappa shape index (κ1) is 10.3. The Kier molecular flexibility index (Phi) is 2.72. The molecule has 1 atom stereocenters. The Morgan fingerprint density at radius 2 is 1.81 bits per heavy atom. The molecule has 0 radical (unpaired) electrons. The van der Waals surface area contributed by atoms with Crippen LogP contribution < -0.4 is 0 Å². The summed E-state index contributed by atoms with van der Waals surface area (Å²) in [6.45, 7) is 4.90. The molecule has 1 heterocycles. The largest absolute Gasteiger partial charge is 0.300 e. The molecular formula is C15H21N. The summed E-state index contributed by atoms with van der Waals surface area (Å²) in [4.78, 5) is 2.68. The van der Waals surface area contributed by atoms with Crippen molar-refractivity contribution in [1.29, 1.82) is 0 Å². The lowest BCUT2D eigenvalue weighted by Gasteiger charge is -2.38. The fraction of sp³-hybridized carbons (Fsp3) is 0.600. The van der Waals surface area contributed by atoms with Crippen molar-refractivity contribution in [3.05, 3.63) is 34.9 Å². The molecular weight excluding hydrogens is 194 g/mol. The molecule has 86 valence electrons. The van der Waals surface area contributed by atoms with Gasteiger partial charge in [0, 0.05) is 6.04 Å². The molecule has 0 amide bonds. The van der Waals surface area contributed by atoms with E-state index in [0.29, 0.717) is 0 Å². The van der Waals surface area contributed by atoms with Gasteiger partial charge in [-0.25, -0.2) is 0 Å². The van der Waals surface area contributed by atoms with Crippen LogP contribution in [0.25, 0.3) is 0 Å². The quantitative estimate of drug-likeness (QED) is 0.651. The van der Waals surface area contributed by atoms with Gasteiger partial charge in [-0.3, -0.25) is 0 Å². The first-order valence-electron chi connectivity index (χ1n) is 6.65. The fourth-order valence-electron chi connectivity index (χ4n) is 3.09. The molecule has 0 bridgehead atoms. The summed E-state index contributed by atoms with van der Waals surface area (Å²) in [5, 5.41) is 0. The summed E-state index contributed by atoms with van der Waals surface area (Å²) in [5.74, 6) is 0. The SMILES string of the molecule is Cc1ccc2c(c1)CCC(N1CCC1)CC2. The Labute approximate surface area is 98.5 Å². The Balaban J connectivity index is 1.76. The lowest BCUT2D eigenvalue weighted by molar-refractivity contribution is 0.107. The van der Waals surface area contributed by atoms with Crippen molar-refractivity contribution >= 4 is 0 Å². The summed E-state index contributed by atoms with van der Waals surface area (Å²) in [6, 6.07) is 7.88. The maximum atomic E-state index is 2.68. The van der Waals surface area contributed by atoms with Crippen molar-refractivity contribution in [2.45, 2.75) is 45.1 Å². The molecule has 1 fully saturated rings. The molecule has 1 saturated heterocycles. The van der Waals surface area contributed by atoms with Gasteiger partial charge in [-0.05, 0) is 63.2 Å². The van der Waals surface area contributed by atoms with Crippen LogP contribution in [0, 0.1) is 6.92 Å². The van der Waals surface area contributed by atoms with Gasteiger partial charge < -0.3 is 4.90 Å². The topological polar surface area (TPSA) is 3.24 Å². The molecule has 3 rings (SSSR count). The Morgan fingerprint density at radius 3 is 2.50 bits per heavy atom. The van der Waals surface area contributed by atoms with Gasteiger partial charge in [-0.2, -0.15) is 0 Å². The first-order chi connectivity index (χ1) is 7.83. The molecule has 1 nitrogen and oxygen atoms in total. The molecule has 1 aliphatic carbocycles. The molecule has 16 heavy (non-hydrogen) atoms. The average molecular weight is 215 g/mol. The predicted molar refractivity (Wildman–Crippen MR) is 67.8 cm³/mol. The second-order valence-electron chi connectivity index (χ2n) is 5.39. The van der Waals surface area contributed by atoms with Crippen LogP contribution in [0.5, 0.6) is 0 Å². The normalized spacial score (nSPS) is 25.7. The lowest BCUT2D eigenvalue weighted by atomic mass is 10.0.